The van der Waals surface area contributed by atoms with Gasteiger partial charge in [-0.05, 0) is 126 Å². The van der Waals surface area contributed by atoms with Crippen molar-refractivity contribution in [2.75, 3.05) is 46.4 Å². The Labute approximate surface area is 387 Å². The van der Waals surface area contributed by atoms with Crippen molar-refractivity contribution in [3.63, 3.8) is 0 Å². The fraction of sp³-hybridized carbons (Fsp3) is 0.322. The highest BCUT2D eigenvalue weighted by Gasteiger charge is 2.48. The topological polar surface area (TPSA) is 49.4 Å². The first-order valence-corrected chi connectivity index (χ1v) is 23.5. The van der Waals surface area contributed by atoms with E-state index in [4.69, 9.17) is 23.7 Å². The SMILES string of the molecule is C=C(C)/C(=C/CC)OCCOc1ccc(C2(c3ccc(OC)cc3)C=Cc3c4c(c5cc(OC)c(-c6ccc(N(C)C)cc6)cc5c3O2)-c2ccccc2C4(CCC)CCCCC)cc1. The molecular formula is C59H65NO5. The Bertz CT molecular complexity index is 2710. The Kier molecular flexibility index (Phi) is 13.5. The second kappa shape index (κ2) is 19.4. The average Bonchev–Trinajstić information content (AvgIpc) is 3.62. The lowest BCUT2D eigenvalue weighted by atomic mass is 9.68. The lowest BCUT2D eigenvalue weighted by Gasteiger charge is -2.40. The number of anilines is 1. The van der Waals surface area contributed by atoms with Gasteiger partial charge in [-0.3, -0.25) is 0 Å². The normalized spacial score (nSPS) is 17.2. The number of benzene rings is 6. The molecule has 1 aliphatic carbocycles. The molecule has 65 heavy (non-hydrogen) atoms. The molecule has 2 aliphatic rings. The van der Waals surface area contributed by atoms with Crippen molar-refractivity contribution in [3.8, 4) is 45.3 Å². The van der Waals surface area contributed by atoms with Crippen LogP contribution < -0.4 is 23.8 Å². The summed E-state index contributed by atoms with van der Waals surface area (Å²) in [5, 5.41) is 2.19. The standard InChI is InChI=1S/C59H65NO5/c1-10-13-16-34-58(33-12-3)52-19-15-14-18-47(52)55-50-39-54(62-9)49(41-20-26-44(27-21-41)60(6)7)38-51(50)57-48(56(55)58)32-35-59(65-57,42-22-28-45(61-8)29-23-42)43-24-30-46(31-25-43)63-36-37-64-53(17-11-2)40(4)5/h14-15,17-32,35,38-39H,4,10-13,16,33-34,36-37H2,1-3,5-9H3/b53-17-. The Balaban J connectivity index is 1.34. The summed E-state index contributed by atoms with van der Waals surface area (Å²) in [5.74, 6) is 4.07. The first kappa shape index (κ1) is 45.2. The third-order valence-corrected chi connectivity index (χ3v) is 13.4. The predicted molar refractivity (Wildman–Crippen MR) is 270 cm³/mol. The molecule has 6 aromatic rings. The minimum atomic E-state index is -0.988. The lowest BCUT2D eigenvalue weighted by molar-refractivity contribution is 0.158. The van der Waals surface area contributed by atoms with E-state index in [-0.39, 0.29) is 5.41 Å². The molecule has 0 saturated heterocycles. The van der Waals surface area contributed by atoms with E-state index in [1.54, 1.807) is 14.2 Å². The first-order valence-electron chi connectivity index (χ1n) is 23.5. The molecule has 2 atom stereocenters. The molecule has 6 aromatic carbocycles. The molecule has 0 radical (unpaired) electrons. The summed E-state index contributed by atoms with van der Waals surface area (Å²) in [5.41, 5.74) is 11.5. The van der Waals surface area contributed by atoms with E-state index >= 15 is 0 Å². The largest absolute Gasteiger partial charge is 0.497 e. The van der Waals surface area contributed by atoms with Gasteiger partial charge >= 0.3 is 0 Å². The smallest absolute Gasteiger partial charge is 0.178 e. The molecule has 0 saturated carbocycles. The van der Waals surface area contributed by atoms with Gasteiger partial charge in [0.25, 0.3) is 0 Å². The van der Waals surface area contributed by atoms with Crippen molar-refractivity contribution in [3.05, 3.63) is 167 Å². The van der Waals surface area contributed by atoms with Gasteiger partial charge in [0.15, 0.2) is 5.60 Å². The van der Waals surface area contributed by atoms with E-state index in [1.165, 1.54) is 35.1 Å². The first-order chi connectivity index (χ1) is 31.6. The molecule has 0 spiro atoms. The summed E-state index contributed by atoms with van der Waals surface area (Å²) in [4.78, 5) is 2.12. The minimum absolute atomic E-state index is 0.185. The van der Waals surface area contributed by atoms with Crippen molar-refractivity contribution in [2.45, 2.75) is 83.7 Å². The van der Waals surface area contributed by atoms with Crippen LogP contribution in [0.15, 0.2) is 139 Å². The Morgan fingerprint density at radius 3 is 2.08 bits per heavy atom. The Morgan fingerprint density at radius 2 is 1.45 bits per heavy atom. The molecule has 1 aliphatic heterocycles. The summed E-state index contributed by atoms with van der Waals surface area (Å²) < 4.78 is 32.1. The Morgan fingerprint density at radius 1 is 0.738 bits per heavy atom. The summed E-state index contributed by atoms with van der Waals surface area (Å²) in [7, 11) is 7.63. The van der Waals surface area contributed by atoms with Crippen molar-refractivity contribution in [2.24, 2.45) is 0 Å². The van der Waals surface area contributed by atoms with E-state index in [0.717, 1.165) is 111 Å². The van der Waals surface area contributed by atoms with Crippen LogP contribution in [0.3, 0.4) is 0 Å². The monoisotopic (exact) mass is 867 g/mol. The molecule has 6 heteroatoms. The van der Waals surface area contributed by atoms with E-state index in [0.29, 0.717) is 13.2 Å². The number of unbranched alkanes of at least 4 members (excludes halogenated alkanes) is 2. The van der Waals surface area contributed by atoms with Gasteiger partial charge in [0.2, 0.25) is 0 Å². The van der Waals surface area contributed by atoms with Crippen molar-refractivity contribution in [1.82, 2.24) is 0 Å². The van der Waals surface area contributed by atoms with Crippen LogP contribution in [-0.4, -0.2) is 41.5 Å². The number of hydrogen-bond acceptors (Lipinski definition) is 6. The zero-order valence-corrected chi connectivity index (χ0v) is 39.7. The fourth-order valence-corrected chi connectivity index (χ4v) is 10.2. The molecule has 6 nitrogen and oxygen atoms in total. The summed E-state index contributed by atoms with van der Waals surface area (Å²) in [6.07, 6.45) is 14.3. The predicted octanol–water partition coefficient (Wildman–Crippen LogP) is 14.9. The van der Waals surface area contributed by atoms with E-state index in [2.05, 4.69) is 150 Å². The molecule has 0 bridgehead atoms. The van der Waals surface area contributed by atoms with Gasteiger partial charge in [0.1, 0.15) is 42.0 Å². The summed E-state index contributed by atoms with van der Waals surface area (Å²) in [6, 6.07) is 39.1. The van der Waals surface area contributed by atoms with E-state index in [9.17, 15) is 0 Å². The number of fused-ring (bicyclic) bond motifs is 8. The van der Waals surface area contributed by atoms with Gasteiger partial charge in [-0.25, -0.2) is 0 Å². The molecule has 0 aromatic heterocycles. The molecule has 1 heterocycles. The second-order valence-corrected chi connectivity index (χ2v) is 17.7. The number of methoxy groups -OCH3 is 2. The van der Waals surface area contributed by atoms with E-state index < -0.39 is 5.60 Å². The molecular weight excluding hydrogens is 803 g/mol. The fourth-order valence-electron chi connectivity index (χ4n) is 10.2. The molecule has 0 amide bonds. The van der Waals surface area contributed by atoms with Crippen LogP contribution in [0.5, 0.6) is 23.0 Å². The number of allylic oxidation sites excluding steroid dienone is 2. The average molecular weight is 868 g/mol. The highest BCUT2D eigenvalue weighted by Crippen LogP contribution is 2.62. The zero-order valence-electron chi connectivity index (χ0n) is 39.7. The van der Waals surface area contributed by atoms with Gasteiger partial charge in [-0.2, -0.15) is 0 Å². The van der Waals surface area contributed by atoms with Gasteiger partial charge in [0, 0.05) is 52.8 Å². The second-order valence-electron chi connectivity index (χ2n) is 17.7. The molecule has 336 valence electrons. The molecule has 0 fully saturated rings. The number of rotatable bonds is 19. The van der Waals surface area contributed by atoms with E-state index in [1.807, 2.05) is 31.2 Å². The van der Waals surface area contributed by atoms with Gasteiger partial charge in [0.05, 0.1) is 14.2 Å². The van der Waals surface area contributed by atoms with Crippen LogP contribution >= 0.6 is 0 Å². The highest BCUT2D eigenvalue weighted by molar-refractivity contribution is 6.10. The maximum Gasteiger partial charge on any atom is 0.178 e. The van der Waals surface area contributed by atoms with Crippen LogP contribution in [0.1, 0.15) is 100 Å². The summed E-state index contributed by atoms with van der Waals surface area (Å²) in [6.45, 7) is 13.6. The summed E-state index contributed by atoms with van der Waals surface area (Å²) >= 11 is 0. The zero-order chi connectivity index (χ0) is 45.7. The Hall–Kier alpha value is -6.40. The third kappa shape index (κ3) is 8.40. The lowest BCUT2D eigenvalue weighted by Crippen LogP contribution is -2.35. The van der Waals surface area contributed by atoms with Gasteiger partial charge in [-0.15, -0.1) is 0 Å². The van der Waals surface area contributed by atoms with Crippen LogP contribution in [0.25, 0.3) is 39.1 Å². The molecule has 8 rings (SSSR count). The van der Waals surface area contributed by atoms with Crippen molar-refractivity contribution >= 4 is 22.5 Å². The maximum absolute atomic E-state index is 7.87. The molecule has 0 N–H and O–H groups in total. The number of nitrogens with zero attached hydrogens (tertiary/aromatic N) is 1. The van der Waals surface area contributed by atoms with Crippen LogP contribution in [0.4, 0.5) is 5.69 Å². The van der Waals surface area contributed by atoms with Crippen LogP contribution in [-0.2, 0) is 15.8 Å². The third-order valence-electron chi connectivity index (χ3n) is 13.4. The maximum atomic E-state index is 7.87. The van der Waals surface area contributed by atoms with Crippen LogP contribution in [0, 0.1) is 0 Å². The highest BCUT2D eigenvalue weighted by atomic mass is 16.5. The minimum Gasteiger partial charge on any atom is -0.497 e. The van der Waals surface area contributed by atoms with Crippen molar-refractivity contribution in [1.29, 1.82) is 0 Å². The van der Waals surface area contributed by atoms with Gasteiger partial charge in [-0.1, -0.05) is 120 Å². The quantitative estimate of drug-likeness (QED) is 0.0459. The van der Waals surface area contributed by atoms with Gasteiger partial charge < -0.3 is 28.6 Å². The number of hydrogen-bond donors (Lipinski definition) is 0. The number of ether oxygens (including phenoxy) is 5. The van der Waals surface area contributed by atoms with Crippen molar-refractivity contribution < 1.29 is 23.7 Å². The van der Waals surface area contributed by atoms with Crippen LogP contribution in [0.2, 0.25) is 0 Å². The molecule has 2 unspecified atom stereocenters.